The molecule has 0 radical (unpaired) electrons. The Morgan fingerprint density at radius 2 is 2.08 bits per heavy atom. The molecule has 1 aromatic carbocycles. The molecule has 1 heterocycles. The number of hydrogen-bond donors (Lipinski definition) is 1. The molecule has 0 bridgehead atoms. The van der Waals surface area contributed by atoms with Crippen LogP contribution in [0.2, 0.25) is 0 Å². The van der Waals surface area contributed by atoms with Crippen molar-refractivity contribution in [2.75, 3.05) is 32.8 Å². The lowest BCUT2D eigenvalue weighted by Crippen LogP contribution is -2.46. The first-order chi connectivity index (χ1) is 11.5. The van der Waals surface area contributed by atoms with E-state index < -0.39 is 5.97 Å². The number of benzene rings is 1. The number of ether oxygens (including phenoxy) is 1. The van der Waals surface area contributed by atoms with E-state index in [0.717, 1.165) is 38.0 Å². The van der Waals surface area contributed by atoms with Gasteiger partial charge in [-0.3, -0.25) is 14.6 Å². The van der Waals surface area contributed by atoms with E-state index in [-0.39, 0.29) is 12.4 Å². The van der Waals surface area contributed by atoms with Gasteiger partial charge in [-0.25, -0.2) is 4.39 Å². The number of likely N-dealkylation sites (N-methyl/N-ethyl adjacent to an activating group) is 1. The lowest BCUT2D eigenvalue weighted by molar-refractivity contribution is -0.139. The Labute approximate surface area is 143 Å². The summed E-state index contributed by atoms with van der Waals surface area (Å²) in [5.41, 5.74) is 0.937. The first kappa shape index (κ1) is 18.7. The monoisotopic (exact) mass is 338 g/mol. The maximum atomic E-state index is 13.9. The van der Waals surface area contributed by atoms with Crippen molar-refractivity contribution in [2.45, 2.75) is 39.3 Å². The van der Waals surface area contributed by atoms with Gasteiger partial charge in [0.05, 0.1) is 13.2 Å². The maximum absolute atomic E-state index is 13.9. The molecule has 1 aliphatic heterocycles. The third-order valence-corrected chi connectivity index (χ3v) is 4.52. The van der Waals surface area contributed by atoms with Gasteiger partial charge in [0.2, 0.25) is 0 Å². The van der Waals surface area contributed by atoms with E-state index in [1.165, 1.54) is 0 Å². The van der Waals surface area contributed by atoms with Crippen molar-refractivity contribution in [1.29, 1.82) is 0 Å². The number of likely N-dealkylation sites (tertiary alicyclic amines) is 1. The fraction of sp³-hybridized carbons (Fsp3) is 0.611. The minimum atomic E-state index is -0.774. The molecule has 0 aromatic heterocycles. The summed E-state index contributed by atoms with van der Waals surface area (Å²) < 4.78 is 19.1. The molecule has 2 rings (SSSR count). The number of carbonyl (C=O) groups is 1. The molecule has 0 aliphatic carbocycles. The predicted octanol–water partition coefficient (Wildman–Crippen LogP) is 2.60. The molecule has 5 nitrogen and oxygen atoms in total. The van der Waals surface area contributed by atoms with Crippen LogP contribution in [0, 0.1) is 5.82 Å². The number of carboxylic acids is 1. The minimum absolute atomic E-state index is 0.102. The molecule has 0 atom stereocenters. The average Bonchev–Trinajstić information content (AvgIpc) is 2.56. The molecule has 1 saturated heterocycles. The standard InChI is InChI=1S/C18H27FN2O3/c1-3-21(13-18(22)23)15-7-9-20(10-8-15)12-14-5-6-17(24-4-2)16(19)11-14/h5-6,11,15H,3-4,7-10,12-13H2,1-2H3,(H,22,23). The third-order valence-electron chi connectivity index (χ3n) is 4.52. The highest BCUT2D eigenvalue weighted by Gasteiger charge is 2.25. The molecule has 0 unspecified atom stereocenters. The Bertz CT molecular complexity index is 545. The highest BCUT2D eigenvalue weighted by atomic mass is 19.1. The van der Waals surface area contributed by atoms with Crippen molar-refractivity contribution < 1.29 is 19.0 Å². The van der Waals surface area contributed by atoms with E-state index in [2.05, 4.69) is 4.90 Å². The highest BCUT2D eigenvalue weighted by Crippen LogP contribution is 2.22. The van der Waals surface area contributed by atoms with Gasteiger partial charge >= 0.3 is 5.97 Å². The summed E-state index contributed by atoms with van der Waals surface area (Å²) in [6.07, 6.45) is 1.89. The Kier molecular flexibility index (Phi) is 6.99. The van der Waals surface area contributed by atoms with Crippen LogP contribution in [0.5, 0.6) is 5.75 Å². The lowest BCUT2D eigenvalue weighted by atomic mass is 10.0. The number of piperidine rings is 1. The van der Waals surface area contributed by atoms with Crippen LogP contribution in [-0.2, 0) is 11.3 Å². The molecule has 134 valence electrons. The summed E-state index contributed by atoms with van der Waals surface area (Å²) in [6.45, 7) is 7.65. The summed E-state index contributed by atoms with van der Waals surface area (Å²) in [5, 5.41) is 8.98. The Hall–Kier alpha value is -1.66. The first-order valence-corrected chi connectivity index (χ1v) is 8.62. The topological polar surface area (TPSA) is 53.0 Å². The molecule has 1 N–H and O–H groups in total. The SMILES string of the molecule is CCOc1ccc(CN2CCC(N(CC)CC(=O)O)CC2)cc1F. The fourth-order valence-corrected chi connectivity index (χ4v) is 3.29. The Balaban J connectivity index is 1.86. The summed E-state index contributed by atoms with van der Waals surface area (Å²) in [5.74, 6) is -0.792. The average molecular weight is 338 g/mol. The van der Waals surface area contributed by atoms with Crippen molar-refractivity contribution >= 4 is 5.97 Å². The van der Waals surface area contributed by atoms with E-state index in [4.69, 9.17) is 9.84 Å². The van der Waals surface area contributed by atoms with E-state index in [0.29, 0.717) is 24.9 Å². The quantitative estimate of drug-likeness (QED) is 0.790. The number of nitrogens with zero attached hydrogens (tertiary/aromatic N) is 2. The van der Waals surface area contributed by atoms with Crippen LogP contribution in [0.4, 0.5) is 4.39 Å². The first-order valence-electron chi connectivity index (χ1n) is 8.62. The molecule has 1 aromatic rings. The largest absolute Gasteiger partial charge is 0.491 e. The molecule has 1 aliphatic rings. The van der Waals surface area contributed by atoms with E-state index >= 15 is 0 Å². The number of halogens is 1. The Morgan fingerprint density at radius 3 is 2.62 bits per heavy atom. The zero-order valence-corrected chi connectivity index (χ0v) is 14.5. The Morgan fingerprint density at radius 1 is 1.38 bits per heavy atom. The second-order valence-corrected chi connectivity index (χ2v) is 6.16. The normalized spacial score (nSPS) is 16.5. The van der Waals surface area contributed by atoms with Crippen LogP contribution in [0.25, 0.3) is 0 Å². The van der Waals surface area contributed by atoms with Crippen LogP contribution < -0.4 is 4.74 Å². The molecule has 1 fully saturated rings. The van der Waals surface area contributed by atoms with Crippen LogP contribution in [0.15, 0.2) is 18.2 Å². The second kappa shape index (κ2) is 8.99. The van der Waals surface area contributed by atoms with Gasteiger partial charge in [0, 0.05) is 12.6 Å². The van der Waals surface area contributed by atoms with Crippen molar-refractivity contribution in [3.8, 4) is 5.75 Å². The highest BCUT2D eigenvalue weighted by molar-refractivity contribution is 5.69. The number of hydrogen-bond acceptors (Lipinski definition) is 4. The third kappa shape index (κ3) is 5.18. The van der Waals surface area contributed by atoms with E-state index in [9.17, 15) is 9.18 Å². The smallest absolute Gasteiger partial charge is 0.317 e. The summed E-state index contributed by atoms with van der Waals surface area (Å²) >= 11 is 0. The van der Waals surface area contributed by atoms with Crippen LogP contribution >= 0.6 is 0 Å². The zero-order valence-electron chi connectivity index (χ0n) is 14.5. The van der Waals surface area contributed by atoms with Gasteiger partial charge in [-0.05, 0) is 57.1 Å². The molecular weight excluding hydrogens is 311 g/mol. The lowest BCUT2D eigenvalue weighted by Gasteiger charge is -2.37. The summed E-state index contributed by atoms with van der Waals surface area (Å²) in [6, 6.07) is 5.45. The summed E-state index contributed by atoms with van der Waals surface area (Å²) in [4.78, 5) is 15.2. The summed E-state index contributed by atoms with van der Waals surface area (Å²) in [7, 11) is 0. The molecule has 0 spiro atoms. The van der Waals surface area contributed by atoms with Gasteiger partial charge in [-0.15, -0.1) is 0 Å². The van der Waals surface area contributed by atoms with Gasteiger partial charge in [0.15, 0.2) is 11.6 Å². The van der Waals surface area contributed by atoms with Gasteiger partial charge in [-0.1, -0.05) is 13.0 Å². The van der Waals surface area contributed by atoms with Crippen LogP contribution in [0.3, 0.4) is 0 Å². The number of aliphatic carboxylic acids is 1. The molecular formula is C18H27FN2O3. The van der Waals surface area contributed by atoms with Gasteiger partial charge in [0.1, 0.15) is 0 Å². The van der Waals surface area contributed by atoms with E-state index in [1.54, 1.807) is 12.1 Å². The van der Waals surface area contributed by atoms with Crippen LogP contribution in [0.1, 0.15) is 32.3 Å². The molecule has 6 heteroatoms. The van der Waals surface area contributed by atoms with Crippen molar-refractivity contribution in [3.05, 3.63) is 29.6 Å². The van der Waals surface area contributed by atoms with Crippen molar-refractivity contribution in [1.82, 2.24) is 9.80 Å². The molecule has 0 amide bonds. The van der Waals surface area contributed by atoms with Gasteiger partial charge in [0.25, 0.3) is 0 Å². The van der Waals surface area contributed by atoms with Crippen molar-refractivity contribution in [2.24, 2.45) is 0 Å². The van der Waals surface area contributed by atoms with Gasteiger partial charge < -0.3 is 9.84 Å². The molecule has 24 heavy (non-hydrogen) atoms. The second-order valence-electron chi connectivity index (χ2n) is 6.16. The predicted molar refractivity (Wildman–Crippen MR) is 90.8 cm³/mol. The van der Waals surface area contributed by atoms with E-state index in [1.807, 2.05) is 24.8 Å². The zero-order chi connectivity index (χ0) is 17.5. The molecule has 0 saturated carbocycles. The maximum Gasteiger partial charge on any atom is 0.317 e. The van der Waals surface area contributed by atoms with Crippen molar-refractivity contribution in [3.63, 3.8) is 0 Å². The van der Waals surface area contributed by atoms with Crippen LogP contribution in [-0.4, -0.2) is 59.7 Å². The fourth-order valence-electron chi connectivity index (χ4n) is 3.29. The number of carboxylic acid groups (broad SMARTS) is 1. The number of rotatable bonds is 8. The minimum Gasteiger partial charge on any atom is -0.491 e. The van der Waals surface area contributed by atoms with Gasteiger partial charge in [-0.2, -0.15) is 0 Å².